The van der Waals surface area contributed by atoms with Crippen molar-refractivity contribution in [3.8, 4) is 11.5 Å². The largest absolute Gasteiger partial charge is 0.483 e. The Balaban J connectivity index is 1.16. The molecule has 17 rings (SSSR count). The van der Waals surface area contributed by atoms with Crippen LogP contribution in [-0.4, -0.2) is 112 Å². The van der Waals surface area contributed by atoms with Gasteiger partial charge in [-0.15, -0.1) is 0 Å². The smallest absolute Gasteiger partial charge is 0.251 e. The van der Waals surface area contributed by atoms with Crippen molar-refractivity contribution in [2.45, 2.75) is 156 Å². The van der Waals surface area contributed by atoms with E-state index in [2.05, 4.69) is 33.0 Å². The van der Waals surface area contributed by atoms with Crippen LogP contribution in [0.2, 0.25) is 0 Å². The first-order valence-electron chi connectivity index (χ1n) is 24.2. The van der Waals surface area contributed by atoms with Gasteiger partial charge in [0.15, 0.2) is 0 Å². The van der Waals surface area contributed by atoms with Gasteiger partial charge in [-0.05, 0) is 125 Å². The van der Waals surface area contributed by atoms with E-state index in [-0.39, 0.29) is 23.6 Å². The van der Waals surface area contributed by atoms with Crippen LogP contribution < -0.4 is 19.9 Å². The van der Waals surface area contributed by atoms with Crippen LogP contribution in [0.3, 0.4) is 0 Å². The fraction of sp³-hybridized carbons (Fsp3) is 0.577. The van der Waals surface area contributed by atoms with Crippen LogP contribution >= 0.6 is 0 Å². The van der Waals surface area contributed by atoms with Crippen molar-refractivity contribution in [2.75, 3.05) is 18.2 Å². The Morgan fingerprint density at radius 1 is 0.712 bits per heavy atom. The molecule has 2 aliphatic carbocycles. The number of benzene rings is 2. The number of hydrogen-bond donors (Lipinski definition) is 3. The van der Waals surface area contributed by atoms with Gasteiger partial charge in [-0.25, -0.2) is 0 Å². The molecule has 14 nitrogen and oxygen atoms in total. The second-order valence-electron chi connectivity index (χ2n) is 24.5. The second-order valence-corrected chi connectivity index (χ2v) is 24.5. The molecule has 2 aromatic carbocycles. The monoisotopic (exact) mass is 892 g/mol. The van der Waals surface area contributed by atoms with Gasteiger partial charge in [-0.2, -0.15) is 4.73 Å². The number of fused-ring (bicyclic) bond motifs is 10. The number of hydroxylamine groups is 1. The van der Waals surface area contributed by atoms with E-state index in [0.717, 1.165) is 5.56 Å². The number of aromatic nitrogens is 1. The lowest BCUT2D eigenvalue weighted by Crippen LogP contribution is -2.93. The molecule has 10 fully saturated rings. The van der Waals surface area contributed by atoms with Crippen molar-refractivity contribution in [1.29, 1.82) is 0 Å². The predicted molar refractivity (Wildman–Crippen MR) is 240 cm³/mol. The molecular formula is C52H56N6O8. The van der Waals surface area contributed by atoms with E-state index in [1.165, 1.54) is 9.79 Å². The van der Waals surface area contributed by atoms with Crippen LogP contribution in [0.4, 0.5) is 5.69 Å². The average Bonchev–Trinajstić information content (AvgIpc) is 4.05. The number of piperazine rings is 2. The molecule has 4 bridgehead atoms. The minimum Gasteiger partial charge on any atom is -0.483 e. The highest BCUT2D eigenvalue weighted by Gasteiger charge is 2.95. The number of amides is 4. The van der Waals surface area contributed by atoms with Gasteiger partial charge in [-0.3, -0.25) is 29.4 Å². The zero-order valence-electron chi connectivity index (χ0n) is 38.7. The molecular weight excluding hydrogens is 837 g/mol. The fourth-order valence-electron chi connectivity index (χ4n) is 18.4. The highest BCUT2D eigenvalue weighted by Crippen LogP contribution is 2.82. The molecule has 342 valence electrons. The second kappa shape index (κ2) is 10.5. The van der Waals surface area contributed by atoms with Crippen molar-refractivity contribution in [1.82, 2.24) is 24.7 Å². The molecule has 1 aromatic heterocycles. The minimum atomic E-state index is -1.68. The summed E-state index contributed by atoms with van der Waals surface area (Å²) in [5.74, 6) is -1.54. The lowest BCUT2D eigenvalue weighted by Gasteiger charge is -2.72. The van der Waals surface area contributed by atoms with E-state index in [1.54, 1.807) is 0 Å². The lowest BCUT2D eigenvalue weighted by atomic mass is 9.38. The summed E-state index contributed by atoms with van der Waals surface area (Å²) < 4.78 is 14.5. The van der Waals surface area contributed by atoms with Crippen molar-refractivity contribution in [3.05, 3.63) is 64.4 Å². The summed E-state index contributed by atoms with van der Waals surface area (Å²) in [4.78, 5) is 70.6. The third-order valence-electron chi connectivity index (χ3n) is 20.3. The number of nitrogens with zero attached hydrogens (tertiary/aromatic N) is 5. The van der Waals surface area contributed by atoms with E-state index >= 15 is 19.2 Å². The summed E-state index contributed by atoms with van der Waals surface area (Å²) in [6, 6.07) is 5.93. The van der Waals surface area contributed by atoms with Crippen molar-refractivity contribution < 1.29 is 39.1 Å². The first kappa shape index (κ1) is 38.6. The third-order valence-corrected chi connectivity index (χ3v) is 20.3. The summed E-state index contributed by atoms with van der Waals surface area (Å²) in [7, 11) is 0. The van der Waals surface area contributed by atoms with E-state index in [1.807, 2.05) is 91.0 Å². The standard InChI is InChI=1S/C52H56N6O8/c1-44(2)19-15-25-29(65-44)13-11-27-33-36-50-28-12-14-30-26(16-20-45(3,4)66-30)35(28)58(64)38(50)47(7,8)31-23-48-17-9-21-54(48)42(61)51(31,53-40(48)59)39(50)56-41(60)49-18-10-22-55(49)43(62)52(36,56)32(24-49)46(5,6)37(33)57(63)34(25)27/h11-16,19-20,31-32,36,38-39,63-64H,9-10,17-18,21-24H2,1-8H3,(H,53,59)/t31-,32-,36-,38?,39+,48-,49-,50-,51+,52+/m0/s1. The molecule has 4 amide bonds. The summed E-state index contributed by atoms with van der Waals surface area (Å²) in [5.41, 5.74) is -5.58. The molecule has 1 unspecified atom stereocenters. The maximum Gasteiger partial charge on any atom is 0.251 e. The molecule has 3 aromatic rings. The van der Waals surface area contributed by atoms with E-state index in [9.17, 15) is 10.4 Å². The SMILES string of the molecule is CC1(C)C=Cc2c(ccc3c2N(O)C2C(C)(C)[C@@H]4C[C@]56CCCN5C(=O)[C@]4(NC6=O)[C@@H]4N5C(=O)[C@@]67CCCN6C(=O)[C@]56[C@@H](C7)C(C)(C)c5c(c7ccc8c(c7n5O)C=CC(C)(C)O8)[C@H]6[C@@]324)O1. The highest BCUT2D eigenvalue weighted by atomic mass is 16.5. The van der Waals surface area contributed by atoms with Gasteiger partial charge in [0.2, 0.25) is 17.7 Å². The van der Waals surface area contributed by atoms with Gasteiger partial charge in [0.1, 0.15) is 44.9 Å². The van der Waals surface area contributed by atoms with Gasteiger partial charge in [0.05, 0.1) is 34.4 Å². The molecule has 9 saturated heterocycles. The molecule has 3 N–H and O–H groups in total. The maximum absolute atomic E-state index is 16.8. The van der Waals surface area contributed by atoms with E-state index < -0.39 is 79.4 Å². The van der Waals surface area contributed by atoms with Gasteiger partial charge >= 0.3 is 0 Å². The number of piperidine rings is 4. The Morgan fingerprint density at radius 2 is 1.33 bits per heavy atom. The molecule has 12 aliphatic heterocycles. The van der Waals surface area contributed by atoms with Crippen molar-refractivity contribution >= 4 is 52.4 Å². The lowest BCUT2D eigenvalue weighted by molar-refractivity contribution is -0.218. The minimum absolute atomic E-state index is 0.142. The topological polar surface area (TPSA) is 157 Å². The Kier molecular flexibility index (Phi) is 6.12. The first-order chi connectivity index (χ1) is 31.1. The van der Waals surface area contributed by atoms with Crippen LogP contribution in [0, 0.1) is 17.3 Å². The van der Waals surface area contributed by atoms with E-state index in [0.29, 0.717) is 102 Å². The molecule has 66 heavy (non-hydrogen) atoms. The van der Waals surface area contributed by atoms with Crippen LogP contribution in [0.15, 0.2) is 36.4 Å². The Hall–Kier alpha value is -5.50. The Morgan fingerprint density at radius 3 is 2.05 bits per heavy atom. The number of carbonyl (C=O) groups excluding carboxylic acids is 4. The number of anilines is 1. The molecule has 13 heterocycles. The third kappa shape index (κ3) is 3.43. The zero-order valence-corrected chi connectivity index (χ0v) is 38.7. The highest BCUT2D eigenvalue weighted by molar-refractivity contribution is 6.12. The summed E-state index contributed by atoms with van der Waals surface area (Å²) in [5, 5.41) is 32.5. The van der Waals surface area contributed by atoms with Crippen LogP contribution in [0.25, 0.3) is 23.1 Å². The molecule has 0 radical (unpaired) electrons. The molecule has 10 atom stereocenters. The molecule has 5 spiro atoms. The molecule has 14 heteroatoms. The van der Waals surface area contributed by atoms with Gasteiger partial charge in [-0.1, -0.05) is 33.8 Å². The molecule has 14 aliphatic rings. The van der Waals surface area contributed by atoms with Gasteiger partial charge in [0.25, 0.3) is 5.91 Å². The number of rotatable bonds is 0. The summed E-state index contributed by atoms with van der Waals surface area (Å²) >= 11 is 0. The van der Waals surface area contributed by atoms with E-state index in [4.69, 9.17) is 9.47 Å². The quantitative estimate of drug-likeness (QED) is 0.239. The fourth-order valence-corrected chi connectivity index (χ4v) is 18.4. The molecule has 1 saturated carbocycles. The number of ether oxygens (including phenoxy) is 2. The number of carbonyl (C=O) groups is 4. The number of hydrogen-bond acceptors (Lipinski definition) is 9. The predicted octanol–water partition coefficient (Wildman–Crippen LogP) is 5.77. The van der Waals surface area contributed by atoms with Gasteiger partial charge in [0, 0.05) is 52.8 Å². The van der Waals surface area contributed by atoms with Gasteiger partial charge < -0.3 is 34.7 Å². The summed E-state index contributed by atoms with van der Waals surface area (Å²) in [6.07, 6.45) is 11.1. The Labute approximate surface area is 382 Å². The van der Waals surface area contributed by atoms with Crippen LogP contribution in [-0.2, 0) is 30.0 Å². The summed E-state index contributed by atoms with van der Waals surface area (Å²) in [6.45, 7) is 17.3. The average molecular weight is 893 g/mol. The van der Waals surface area contributed by atoms with Crippen molar-refractivity contribution in [2.24, 2.45) is 17.3 Å². The normalized spacial score (nSPS) is 41.6. The Bertz CT molecular complexity index is 3060. The van der Waals surface area contributed by atoms with Crippen LogP contribution in [0.5, 0.6) is 11.5 Å². The first-order valence-corrected chi connectivity index (χ1v) is 24.2. The number of nitrogens with one attached hydrogen (secondary N) is 1. The van der Waals surface area contributed by atoms with Crippen molar-refractivity contribution in [3.63, 3.8) is 0 Å². The maximum atomic E-state index is 16.8. The van der Waals surface area contributed by atoms with Crippen LogP contribution in [0.1, 0.15) is 128 Å². The zero-order chi connectivity index (χ0) is 45.8.